The Morgan fingerprint density at radius 1 is 1.39 bits per heavy atom. The molecule has 2 aromatic rings. The van der Waals surface area contributed by atoms with E-state index in [4.69, 9.17) is 4.74 Å². The van der Waals surface area contributed by atoms with Crippen LogP contribution in [-0.4, -0.2) is 18.8 Å². The lowest BCUT2D eigenvalue weighted by atomic mass is 10.00. The standard InChI is InChI=1S/C14H17FO2S/c1-9(5-6-17-2)14(16)13-7-10-3-4-11(15)8-12(10)18-13/h3-4,7-9,14,16H,5-6H2,1-2H3. The van der Waals surface area contributed by atoms with Crippen LogP contribution in [0.1, 0.15) is 24.3 Å². The maximum Gasteiger partial charge on any atom is 0.124 e. The van der Waals surface area contributed by atoms with E-state index in [1.54, 1.807) is 13.2 Å². The number of fused-ring (bicyclic) bond motifs is 1. The predicted molar refractivity (Wildman–Crippen MR) is 72.4 cm³/mol. The highest BCUT2D eigenvalue weighted by Crippen LogP contribution is 2.34. The normalized spacial score (nSPS) is 14.9. The molecule has 2 unspecified atom stereocenters. The molecule has 0 aliphatic heterocycles. The fraction of sp³-hybridized carbons (Fsp3) is 0.429. The third-order valence-corrected chi connectivity index (χ3v) is 4.28. The molecule has 0 fully saturated rings. The van der Waals surface area contributed by atoms with Crippen LogP contribution in [0.5, 0.6) is 0 Å². The van der Waals surface area contributed by atoms with Gasteiger partial charge in [0.2, 0.25) is 0 Å². The Kier molecular flexibility index (Phi) is 4.32. The minimum Gasteiger partial charge on any atom is -0.387 e. The van der Waals surface area contributed by atoms with Gasteiger partial charge in [-0.05, 0) is 35.9 Å². The van der Waals surface area contributed by atoms with E-state index < -0.39 is 6.10 Å². The molecular weight excluding hydrogens is 251 g/mol. The number of benzene rings is 1. The molecule has 2 rings (SSSR count). The summed E-state index contributed by atoms with van der Waals surface area (Å²) >= 11 is 1.45. The van der Waals surface area contributed by atoms with Crippen molar-refractivity contribution in [1.29, 1.82) is 0 Å². The van der Waals surface area contributed by atoms with Gasteiger partial charge in [0.25, 0.3) is 0 Å². The Morgan fingerprint density at radius 3 is 2.89 bits per heavy atom. The molecule has 1 N–H and O–H groups in total. The summed E-state index contributed by atoms with van der Waals surface area (Å²) in [5.41, 5.74) is 0. The average Bonchev–Trinajstić information content (AvgIpc) is 2.77. The summed E-state index contributed by atoms with van der Waals surface area (Å²) < 4.78 is 19.0. The Morgan fingerprint density at radius 2 is 2.17 bits per heavy atom. The summed E-state index contributed by atoms with van der Waals surface area (Å²) in [6.07, 6.45) is 0.293. The number of methoxy groups -OCH3 is 1. The minimum absolute atomic E-state index is 0.128. The summed E-state index contributed by atoms with van der Waals surface area (Å²) in [6.45, 7) is 2.63. The topological polar surface area (TPSA) is 29.5 Å². The molecule has 0 bridgehead atoms. The first-order valence-corrected chi connectivity index (χ1v) is 6.79. The number of aliphatic hydroxyl groups excluding tert-OH is 1. The molecule has 0 amide bonds. The van der Waals surface area contributed by atoms with Gasteiger partial charge in [-0.2, -0.15) is 0 Å². The number of hydrogen-bond donors (Lipinski definition) is 1. The Hall–Kier alpha value is -0.970. The van der Waals surface area contributed by atoms with Crippen LogP contribution in [0.3, 0.4) is 0 Å². The first-order valence-electron chi connectivity index (χ1n) is 5.98. The number of rotatable bonds is 5. The zero-order chi connectivity index (χ0) is 13.1. The summed E-state index contributed by atoms with van der Waals surface area (Å²) in [6, 6.07) is 6.64. The van der Waals surface area contributed by atoms with Crippen LogP contribution in [0.25, 0.3) is 10.1 Å². The molecule has 0 spiro atoms. The van der Waals surface area contributed by atoms with Crippen molar-refractivity contribution in [1.82, 2.24) is 0 Å². The van der Waals surface area contributed by atoms with E-state index in [-0.39, 0.29) is 11.7 Å². The van der Waals surface area contributed by atoms with Crippen molar-refractivity contribution >= 4 is 21.4 Å². The van der Waals surface area contributed by atoms with Gasteiger partial charge >= 0.3 is 0 Å². The zero-order valence-corrected chi connectivity index (χ0v) is 11.3. The number of aliphatic hydroxyl groups is 1. The molecular formula is C14H17FO2S. The van der Waals surface area contributed by atoms with Crippen molar-refractivity contribution < 1.29 is 14.2 Å². The van der Waals surface area contributed by atoms with Crippen molar-refractivity contribution in [2.75, 3.05) is 13.7 Å². The van der Waals surface area contributed by atoms with E-state index in [1.165, 1.54) is 23.5 Å². The maximum absolute atomic E-state index is 13.1. The molecule has 0 aliphatic rings. The third-order valence-electron chi connectivity index (χ3n) is 3.11. The van der Waals surface area contributed by atoms with Crippen LogP contribution >= 0.6 is 11.3 Å². The lowest BCUT2D eigenvalue weighted by molar-refractivity contribution is 0.0912. The Bertz CT molecular complexity index is 523. The fourth-order valence-corrected chi connectivity index (χ4v) is 3.12. The average molecular weight is 268 g/mol. The molecule has 1 aromatic heterocycles. The molecule has 4 heteroatoms. The second kappa shape index (κ2) is 5.78. The molecule has 2 nitrogen and oxygen atoms in total. The van der Waals surface area contributed by atoms with Crippen molar-refractivity contribution in [3.8, 4) is 0 Å². The van der Waals surface area contributed by atoms with Gasteiger partial charge in [0.05, 0.1) is 6.10 Å². The van der Waals surface area contributed by atoms with E-state index in [1.807, 2.05) is 13.0 Å². The summed E-state index contributed by atoms with van der Waals surface area (Å²) in [4.78, 5) is 0.888. The second-order valence-electron chi connectivity index (χ2n) is 4.53. The quantitative estimate of drug-likeness (QED) is 0.895. The molecule has 98 valence electrons. The van der Waals surface area contributed by atoms with Crippen molar-refractivity contribution in [2.45, 2.75) is 19.4 Å². The molecule has 0 saturated carbocycles. The van der Waals surface area contributed by atoms with Crippen LogP contribution in [0.2, 0.25) is 0 Å². The molecule has 1 aromatic carbocycles. The van der Waals surface area contributed by atoms with Crippen LogP contribution in [-0.2, 0) is 4.74 Å². The smallest absolute Gasteiger partial charge is 0.124 e. The van der Waals surface area contributed by atoms with Gasteiger partial charge in [-0.15, -0.1) is 11.3 Å². The first-order chi connectivity index (χ1) is 8.61. The molecule has 0 saturated heterocycles. The van der Waals surface area contributed by atoms with Gasteiger partial charge in [0.15, 0.2) is 0 Å². The monoisotopic (exact) mass is 268 g/mol. The zero-order valence-electron chi connectivity index (χ0n) is 10.5. The molecule has 0 aliphatic carbocycles. The van der Waals surface area contributed by atoms with Crippen LogP contribution in [0, 0.1) is 11.7 Å². The Balaban J connectivity index is 2.19. The van der Waals surface area contributed by atoms with Gasteiger partial charge in [-0.3, -0.25) is 0 Å². The number of thiophene rings is 1. The second-order valence-corrected chi connectivity index (χ2v) is 5.65. The van der Waals surface area contributed by atoms with Crippen LogP contribution in [0.4, 0.5) is 4.39 Å². The van der Waals surface area contributed by atoms with Crippen molar-refractivity contribution in [3.05, 3.63) is 35.0 Å². The predicted octanol–water partition coefficient (Wildman–Crippen LogP) is 3.75. The van der Waals surface area contributed by atoms with Gasteiger partial charge in [0.1, 0.15) is 5.82 Å². The first kappa shape index (κ1) is 13.5. The van der Waals surface area contributed by atoms with Crippen molar-refractivity contribution in [2.24, 2.45) is 5.92 Å². The molecule has 1 heterocycles. The van der Waals surface area contributed by atoms with Crippen molar-refractivity contribution in [3.63, 3.8) is 0 Å². The lowest BCUT2D eigenvalue weighted by Crippen LogP contribution is -2.10. The van der Waals surface area contributed by atoms with E-state index in [9.17, 15) is 9.50 Å². The van der Waals surface area contributed by atoms with Crippen LogP contribution in [0.15, 0.2) is 24.3 Å². The fourth-order valence-electron chi connectivity index (χ4n) is 1.91. The van der Waals surface area contributed by atoms with E-state index in [0.29, 0.717) is 6.61 Å². The number of hydrogen-bond acceptors (Lipinski definition) is 3. The third kappa shape index (κ3) is 2.88. The largest absolute Gasteiger partial charge is 0.387 e. The van der Waals surface area contributed by atoms with E-state index in [0.717, 1.165) is 21.4 Å². The van der Waals surface area contributed by atoms with Gasteiger partial charge < -0.3 is 9.84 Å². The van der Waals surface area contributed by atoms with Gasteiger partial charge in [-0.25, -0.2) is 4.39 Å². The molecule has 0 radical (unpaired) electrons. The molecule has 18 heavy (non-hydrogen) atoms. The summed E-state index contributed by atoms with van der Waals surface area (Å²) in [5.74, 6) is -0.110. The lowest BCUT2D eigenvalue weighted by Gasteiger charge is -2.16. The highest BCUT2D eigenvalue weighted by molar-refractivity contribution is 7.19. The van der Waals surface area contributed by atoms with Gasteiger partial charge in [-0.1, -0.05) is 13.0 Å². The number of halogens is 1. The molecule has 2 atom stereocenters. The summed E-state index contributed by atoms with van der Waals surface area (Å²) in [5, 5.41) is 11.2. The Labute approximate surface area is 110 Å². The highest BCUT2D eigenvalue weighted by Gasteiger charge is 2.18. The summed E-state index contributed by atoms with van der Waals surface area (Å²) in [7, 11) is 1.65. The minimum atomic E-state index is -0.513. The van der Waals surface area contributed by atoms with Gasteiger partial charge in [0, 0.05) is 23.3 Å². The van der Waals surface area contributed by atoms with E-state index >= 15 is 0 Å². The maximum atomic E-state index is 13.1. The number of ether oxygens (including phenoxy) is 1. The van der Waals surface area contributed by atoms with Crippen LogP contribution < -0.4 is 0 Å². The highest BCUT2D eigenvalue weighted by atomic mass is 32.1. The SMILES string of the molecule is COCCC(C)C(O)c1cc2ccc(F)cc2s1. The van der Waals surface area contributed by atoms with E-state index in [2.05, 4.69) is 0 Å².